The number of ether oxygens (including phenoxy) is 1. The van der Waals surface area contributed by atoms with E-state index in [0.29, 0.717) is 55.9 Å². The molecule has 1 unspecified atom stereocenters. The molecule has 2 aliphatic rings. The lowest BCUT2D eigenvalue weighted by Crippen LogP contribution is -2.45. The van der Waals surface area contributed by atoms with Crippen molar-refractivity contribution in [2.45, 2.75) is 50.6 Å². The lowest BCUT2D eigenvalue weighted by atomic mass is 9.85. The van der Waals surface area contributed by atoms with Gasteiger partial charge in [0.05, 0.1) is 18.3 Å². The van der Waals surface area contributed by atoms with Crippen molar-refractivity contribution in [2.75, 3.05) is 30.8 Å². The molecule has 14 heteroatoms. The van der Waals surface area contributed by atoms with E-state index in [2.05, 4.69) is 20.6 Å². The van der Waals surface area contributed by atoms with Gasteiger partial charge in [-0.2, -0.15) is 4.98 Å². The zero-order chi connectivity index (χ0) is 27.7. The van der Waals surface area contributed by atoms with Crippen molar-refractivity contribution in [3.63, 3.8) is 0 Å². The minimum Gasteiger partial charge on any atom is -0.453 e. The Morgan fingerprint density at radius 2 is 1.92 bits per heavy atom. The van der Waals surface area contributed by atoms with Gasteiger partial charge < -0.3 is 26.0 Å². The molecule has 1 aliphatic heterocycles. The van der Waals surface area contributed by atoms with Crippen LogP contribution in [0.5, 0.6) is 0 Å². The fraction of sp³-hybridized carbons (Fsp3) is 0.480. The van der Waals surface area contributed by atoms with E-state index in [1.807, 2.05) is 0 Å². The van der Waals surface area contributed by atoms with E-state index in [1.54, 1.807) is 9.47 Å². The molecule has 0 bridgehead atoms. The average molecular weight is 563 g/mol. The van der Waals surface area contributed by atoms with Gasteiger partial charge in [-0.15, -0.1) is 0 Å². The molecule has 1 saturated heterocycles. The number of piperidine rings is 1. The summed E-state index contributed by atoms with van der Waals surface area (Å²) < 4.78 is 36.0. The third-order valence-electron chi connectivity index (χ3n) is 7.37. The molecular formula is C25H29ClF2N8O3. The number of halogens is 3. The number of nitrogens with two attached hydrogens (primary N) is 1. The fourth-order valence-corrected chi connectivity index (χ4v) is 5.50. The number of carbonyl (C=O) groups excluding carboxylic acids is 2. The molecule has 3 aromatic rings. The van der Waals surface area contributed by atoms with Crippen molar-refractivity contribution in [3.8, 4) is 0 Å². The van der Waals surface area contributed by atoms with E-state index in [0.717, 1.165) is 25.0 Å². The Kier molecular flexibility index (Phi) is 7.69. The molecule has 1 saturated carbocycles. The molecule has 1 aliphatic carbocycles. The molecule has 4 N–H and O–H groups in total. The summed E-state index contributed by atoms with van der Waals surface area (Å²) in [7, 11) is 1.35. The lowest BCUT2D eigenvalue weighted by molar-refractivity contribution is -0.122. The van der Waals surface area contributed by atoms with E-state index in [-0.39, 0.29) is 34.9 Å². The van der Waals surface area contributed by atoms with Crippen LogP contribution in [-0.2, 0) is 9.53 Å². The first-order valence-corrected chi connectivity index (χ1v) is 13.2. The van der Waals surface area contributed by atoms with Crippen LogP contribution in [0.3, 0.4) is 0 Å². The van der Waals surface area contributed by atoms with Crippen molar-refractivity contribution in [2.24, 2.45) is 11.7 Å². The molecule has 39 heavy (non-hydrogen) atoms. The van der Waals surface area contributed by atoms with Crippen molar-refractivity contribution >= 4 is 52.3 Å². The Morgan fingerprint density at radius 1 is 1.15 bits per heavy atom. The minimum atomic E-state index is -0.936. The molecule has 0 spiro atoms. The highest BCUT2D eigenvalue weighted by Crippen LogP contribution is 2.38. The molecule has 3 heterocycles. The number of anilines is 3. The normalized spacial score (nSPS) is 21.5. The van der Waals surface area contributed by atoms with Crippen LogP contribution in [0.4, 0.5) is 31.2 Å². The van der Waals surface area contributed by atoms with Gasteiger partial charge in [0.25, 0.3) is 0 Å². The number of rotatable bonds is 6. The third kappa shape index (κ3) is 5.54. The van der Waals surface area contributed by atoms with Gasteiger partial charge in [-0.1, -0.05) is 11.6 Å². The number of carbonyl (C=O) groups is 2. The van der Waals surface area contributed by atoms with Crippen LogP contribution in [-0.4, -0.2) is 62.7 Å². The van der Waals surface area contributed by atoms with Gasteiger partial charge in [0.15, 0.2) is 11.5 Å². The van der Waals surface area contributed by atoms with Gasteiger partial charge in [-0.25, -0.2) is 23.5 Å². The molecule has 11 nitrogen and oxygen atoms in total. The van der Waals surface area contributed by atoms with Crippen molar-refractivity contribution < 1.29 is 23.1 Å². The zero-order valence-corrected chi connectivity index (χ0v) is 22.0. The number of methoxy groups -OCH3 is 1. The second-order valence-electron chi connectivity index (χ2n) is 9.86. The average Bonchev–Trinajstić information content (AvgIpc) is 3.30. The second kappa shape index (κ2) is 11.2. The molecule has 2 fully saturated rings. The highest BCUT2D eigenvalue weighted by atomic mass is 35.5. The number of hydrogen-bond donors (Lipinski definition) is 3. The van der Waals surface area contributed by atoms with Crippen molar-refractivity contribution in [3.05, 3.63) is 35.0 Å². The van der Waals surface area contributed by atoms with Crippen molar-refractivity contribution in [1.29, 1.82) is 0 Å². The first-order valence-electron chi connectivity index (χ1n) is 12.8. The molecule has 1 atom stereocenters. The van der Waals surface area contributed by atoms with Crippen molar-refractivity contribution in [1.82, 2.24) is 24.4 Å². The Balaban J connectivity index is 1.49. The van der Waals surface area contributed by atoms with E-state index < -0.39 is 23.4 Å². The third-order valence-corrected chi connectivity index (χ3v) is 7.66. The standard InChI is InChI=1S/C25H29ClF2N8O3/c1-39-25(38)35-10-2-3-14(12-35)31-23-30-11-18-22(34-23)36(15-6-4-13(5-7-15)21(29)37)24(32-18)33-20-17(27)9-8-16(26)19(20)28/h8-9,11,13-15H,2-7,10,12H2,1H3,(H2,29,37)(H,32,33)(H,30,31,34)/t13-,14?,15+. The van der Waals surface area contributed by atoms with Crippen LogP contribution in [0.15, 0.2) is 18.3 Å². The largest absolute Gasteiger partial charge is 0.453 e. The van der Waals surface area contributed by atoms with Gasteiger partial charge in [-0.3, -0.25) is 9.36 Å². The lowest BCUT2D eigenvalue weighted by Gasteiger charge is -2.32. The van der Waals surface area contributed by atoms with Gasteiger partial charge in [0, 0.05) is 31.1 Å². The van der Waals surface area contributed by atoms with Crippen LogP contribution in [0.2, 0.25) is 5.02 Å². The molecular weight excluding hydrogens is 534 g/mol. The highest BCUT2D eigenvalue weighted by Gasteiger charge is 2.30. The monoisotopic (exact) mass is 562 g/mol. The fourth-order valence-electron chi connectivity index (χ4n) is 5.34. The number of benzene rings is 1. The van der Waals surface area contributed by atoms with E-state index in [1.165, 1.54) is 13.3 Å². The number of likely N-dealkylation sites (tertiary alicyclic amines) is 1. The summed E-state index contributed by atoms with van der Waals surface area (Å²) in [6, 6.07) is 1.96. The van der Waals surface area contributed by atoms with Gasteiger partial charge in [0.2, 0.25) is 17.8 Å². The van der Waals surface area contributed by atoms with Crippen LogP contribution in [0.1, 0.15) is 44.6 Å². The van der Waals surface area contributed by atoms with E-state index in [4.69, 9.17) is 27.1 Å². The van der Waals surface area contributed by atoms with Crippen LogP contribution in [0, 0.1) is 17.6 Å². The van der Waals surface area contributed by atoms with Crippen LogP contribution in [0.25, 0.3) is 11.2 Å². The predicted octanol–water partition coefficient (Wildman–Crippen LogP) is 4.36. The number of aromatic nitrogens is 4. The molecule has 208 valence electrons. The summed E-state index contributed by atoms with van der Waals surface area (Å²) in [6.45, 7) is 1.04. The van der Waals surface area contributed by atoms with Crippen LogP contribution >= 0.6 is 11.6 Å². The molecule has 2 amide bonds. The highest BCUT2D eigenvalue weighted by molar-refractivity contribution is 6.31. The number of amides is 2. The maximum absolute atomic E-state index is 14.8. The predicted molar refractivity (Wildman–Crippen MR) is 141 cm³/mol. The summed E-state index contributed by atoms with van der Waals surface area (Å²) in [5.74, 6) is -1.83. The number of primary amides is 1. The first kappa shape index (κ1) is 26.9. The number of imidazole rings is 1. The summed E-state index contributed by atoms with van der Waals surface area (Å²) in [5.41, 5.74) is 5.97. The molecule has 5 rings (SSSR count). The summed E-state index contributed by atoms with van der Waals surface area (Å²) in [6.07, 6.45) is 5.08. The number of fused-ring (bicyclic) bond motifs is 1. The van der Waals surface area contributed by atoms with E-state index >= 15 is 0 Å². The number of hydrogen-bond acceptors (Lipinski definition) is 8. The van der Waals surface area contributed by atoms with E-state index in [9.17, 15) is 18.4 Å². The summed E-state index contributed by atoms with van der Waals surface area (Å²) in [5, 5.41) is 5.83. The Bertz CT molecular complexity index is 1400. The number of nitrogens with zero attached hydrogens (tertiary/aromatic N) is 5. The Labute approximate surface area is 228 Å². The summed E-state index contributed by atoms with van der Waals surface area (Å²) >= 11 is 5.90. The second-order valence-corrected chi connectivity index (χ2v) is 10.3. The zero-order valence-electron chi connectivity index (χ0n) is 21.3. The Morgan fingerprint density at radius 3 is 2.64 bits per heavy atom. The topological polar surface area (TPSA) is 140 Å². The first-order chi connectivity index (χ1) is 18.7. The molecule has 0 radical (unpaired) electrons. The maximum atomic E-state index is 14.8. The van der Waals surface area contributed by atoms with Crippen LogP contribution < -0.4 is 16.4 Å². The van der Waals surface area contributed by atoms with Gasteiger partial charge >= 0.3 is 6.09 Å². The summed E-state index contributed by atoms with van der Waals surface area (Å²) in [4.78, 5) is 39.0. The SMILES string of the molecule is COC(=O)N1CCCC(Nc2ncc3nc(Nc4c(F)ccc(Cl)c4F)n([C@H]4CC[C@@H](C(N)=O)CC4)c3n2)C1. The Hall–Kier alpha value is -3.74. The smallest absolute Gasteiger partial charge is 0.409 e. The molecule has 2 aromatic heterocycles. The molecule has 1 aromatic carbocycles. The van der Waals surface area contributed by atoms with Gasteiger partial charge in [-0.05, 0) is 50.7 Å². The quantitative estimate of drug-likeness (QED) is 0.376. The number of nitrogens with one attached hydrogen (secondary N) is 2. The minimum absolute atomic E-state index is 0.0927. The maximum Gasteiger partial charge on any atom is 0.409 e. The van der Waals surface area contributed by atoms with Gasteiger partial charge in [0.1, 0.15) is 17.0 Å².